The molecule has 1 N–H and O–H groups in total. The summed E-state index contributed by atoms with van der Waals surface area (Å²) >= 11 is 0. The molecule has 1 aromatic heterocycles. The predicted octanol–water partition coefficient (Wildman–Crippen LogP) is 3.66. The average molecular weight is 371 g/mol. The van der Waals surface area contributed by atoms with Crippen LogP contribution in [0.15, 0.2) is 47.6 Å². The summed E-state index contributed by atoms with van der Waals surface area (Å²) in [5.74, 6) is 0.298. The first kappa shape index (κ1) is 16.9. The van der Waals surface area contributed by atoms with E-state index in [0.29, 0.717) is 16.7 Å². The van der Waals surface area contributed by atoms with Gasteiger partial charge >= 0.3 is 0 Å². The van der Waals surface area contributed by atoms with Gasteiger partial charge in [-0.05, 0) is 60.7 Å². The Kier molecular flexibility index (Phi) is 4.11. The van der Waals surface area contributed by atoms with E-state index in [4.69, 9.17) is 0 Å². The zero-order valence-electron chi connectivity index (χ0n) is 14.2. The third-order valence-electron chi connectivity index (χ3n) is 4.77. The first-order valence-corrected chi connectivity index (χ1v) is 10.3. The van der Waals surface area contributed by atoms with Crippen LogP contribution in [-0.4, -0.2) is 24.6 Å². The van der Waals surface area contributed by atoms with Crippen LogP contribution in [0.5, 0.6) is 0 Å². The Labute approximate surface area is 151 Å². The minimum atomic E-state index is -3.33. The Balaban J connectivity index is 1.78. The van der Waals surface area contributed by atoms with Crippen molar-refractivity contribution in [3.05, 3.63) is 59.7 Å². The number of halogens is 1. The summed E-state index contributed by atoms with van der Waals surface area (Å²) in [5.41, 5.74) is 2.72. The summed E-state index contributed by atoms with van der Waals surface area (Å²) in [6.07, 6.45) is 5.39. The molecule has 2 aromatic carbocycles. The van der Waals surface area contributed by atoms with Crippen LogP contribution < -0.4 is 5.32 Å². The van der Waals surface area contributed by atoms with Gasteiger partial charge in [-0.1, -0.05) is 6.07 Å². The van der Waals surface area contributed by atoms with Crippen LogP contribution in [-0.2, 0) is 16.3 Å². The molecule has 26 heavy (non-hydrogen) atoms. The number of aromatic nitrogens is 2. The van der Waals surface area contributed by atoms with Gasteiger partial charge in [-0.2, -0.15) is 0 Å². The minimum absolute atomic E-state index is 0.0746. The van der Waals surface area contributed by atoms with Crippen LogP contribution in [0.2, 0.25) is 0 Å². The van der Waals surface area contributed by atoms with Gasteiger partial charge in [0.05, 0.1) is 16.5 Å². The molecule has 7 heteroatoms. The van der Waals surface area contributed by atoms with Crippen molar-refractivity contribution in [2.24, 2.45) is 0 Å². The lowest BCUT2D eigenvalue weighted by Crippen LogP contribution is -2.18. The first-order chi connectivity index (χ1) is 12.4. The Morgan fingerprint density at radius 2 is 2.00 bits per heavy atom. The standard InChI is InChI=1S/C19H18FN3O2S/c1-26(24,25)14-7-8-17-16(10-14)19(22-11-21-17)23-18-4-2-3-12-5-6-13(20)9-15(12)18/h5-11,18H,2-4H2,1H3,(H,21,22,23)/t18-/m1/s1. The van der Waals surface area contributed by atoms with Crippen LogP contribution in [0.4, 0.5) is 10.2 Å². The van der Waals surface area contributed by atoms with Crippen molar-refractivity contribution in [1.82, 2.24) is 9.97 Å². The molecule has 0 unspecified atom stereocenters. The number of sulfone groups is 1. The molecule has 0 fully saturated rings. The summed E-state index contributed by atoms with van der Waals surface area (Å²) in [7, 11) is -3.33. The highest BCUT2D eigenvalue weighted by atomic mass is 32.2. The average Bonchev–Trinajstić information content (AvgIpc) is 2.61. The number of hydrogen-bond acceptors (Lipinski definition) is 5. The van der Waals surface area contributed by atoms with Gasteiger partial charge < -0.3 is 5.32 Å². The molecule has 0 saturated heterocycles. The fourth-order valence-corrected chi connectivity index (χ4v) is 4.11. The van der Waals surface area contributed by atoms with Gasteiger partial charge in [-0.15, -0.1) is 0 Å². The van der Waals surface area contributed by atoms with Gasteiger partial charge in [0.25, 0.3) is 0 Å². The SMILES string of the molecule is CS(=O)(=O)c1ccc2ncnc(N[C@@H]3CCCc4ccc(F)cc43)c2c1. The molecule has 0 radical (unpaired) electrons. The normalized spacial score (nSPS) is 17.1. The molecule has 1 atom stereocenters. The summed E-state index contributed by atoms with van der Waals surface area (Å²) in [5, 5.41) is 4.01. The Bertz CT molecular complexity index is 1100. The first-order valence-electron chi connectivity index (χ1n) is 8.41. The summed E-state index contributed by atoms with van der Waals surface area (Å²) in [6.45, 7) is 0. The summed E-state index contributed by atoms with van der Waals surface area (Å²) < 4.78 is 37.5. The summed E-state index contributed by atoms with van der Waals surface area (Å²) in [6, 6.07) is 9.61. The molecule has 4 rings (SSSR count). The topological polar surface area (TPSA) is 72.0 Å². The van der Waals surface area contributed by atoms with Gasteiger partial charge in [-0.3, -0.25) is 0 Å². The van der Waals surface area contributed by atoms with Gasteiger partial charge in [0.2, 0.25) is 0 Å². The lowest BCUT2D eigenvalue weighted by atomic mass is 9.87. The number of anilines is 1. The molecule has 5 nitrogen and oxygen atoms in total. The fraction of sp³-hybridized carbons (Fsp3) is 0.263. The number of hydrogen-bond donors (Lipinski definition) is 1. The second kappa shape index (κ2) is 6.32. The Morgan fingerprint density at radius 1 is 1.15 bits per heavy atom. The van der Waals surface area contributed by atoms with E-state index in [-0.39, 0.29) is 16.8 Å². The molecule has 134 valence electrons. The number of rotatable bonds is 3. The molecular formula is C19H18FN3O2S. The van der Waals surface area contributed by atoms with Crippen LogP contribution in [0.1, 0.15) is 30.0 Å². The van der Waals surface area contributed by atoms with Crippen LogP contribution in [0, 0.1) is 5.82 Å². The molecule has 0 saturated carbocycles. The van der Waals surface area contributed by atoms with Gasteiger partial charge in [-0.25, -0.2) is 22.8 Å². The van der Waals surface area contributed by atoms with Crippen LogP contribution in [0.3, 0.4) is 0 Å². The van der Waals surface area contributed by atoms with E-state index >= 15 is 0 Å². The number of aryl methyl sites for hydroxylation is 1. The minimum Gasteiger partial charge on any atom is -0.363 e. The van der Waals surface area contributed by atoms with Crippen molar-refractivity contribution in [3.63, 3.8) is 0 Å². The van der Waals surface area contributed by atoms with E-state index in [1.54, 1.807) is 24.3 Å². The van der Waals surface area contributed by atoms with Gasteiger partial charge in [0, 0.05) is 11.6 Å². The van der Waals surface area contributed by atoms with Crippen molar-refractivity contribution in [2.45, 2.75) is 30.2 Å². The third kappa shape index (κ3) is 3.14. The van der Waals surface area contributed by atoms with Crippen LogP contribution >= 0.6 is 0 Å². The molecule has 1 aliphatic rings. The fourth-order valence-electron chi connectivity index (χ4n) is 3.47. The van der Waals surface area contributed by atoms with E-state index in [1.165, 1.54) is 18.6 Å². The number of nitrogens with zero attached hydrogens (tertiary/aromatic N) is 2. The molecule has 3 aromatic rings. The molecule has 0 spiro atoms. The van der Waals surface area contributed by atoms with E-state index in [2.05, 4.69) is 15.3 Å². The maximum Gasteiger partial charge on any atom is 0.175 e. The molecule has 0 amide bonds. The molecule has 0 bridgehead atoms. The van der Waals surface area contributed by atoms with Gasteiger partial charge in [0.15, 0.2) is 9.84 Å². The highest BCUT2D eigenvalue weighted by Gasteiger charge is 2.22. The smallest absolute Gasteiger partial charge is 0.175 e. The van der Waals surface area contributed by atoms with Crippen molar-refractivity contribution in [3.8, 4) is 0 Å². The maximum atomic E-state index is 13.7. The van der Waals surface area contributed by atoms with Crippen molar-refractivity contribution < 1.29 is 12.8 Å². The van der Waals surface area contributed by atoms with Crippen molar-refractivity contribution in [1.29, 1.82) is 0 Å². The maximum absolute atomic E-state index is 13.7. The van der Waals surface area contributed by atoms with Crippen LogP contribution in [0.25, 0.3) is 10.9 Å². The number of nitrogens with one attached hydrogen (secondary N) is 1. The van der Waals surface area contributed by atoms with E-state index in [0.717, 1.165) is 30.4 Å². The largest absolute Gasteiger partial charge is 0.363 e. The molecule has 1 heterocycles. The lowest BCUT2D eigenvalue weighted by molar-refractivity contribution is 0.579. The quantitative estimate of drug-likeness (QED) is 0.761. The monoisotopic (exact) mass is 371 g/mol. The highest BCUT2D eigenvalue weighted by Crippen LogP contribution is 2.34. The zero-order chi connectivity index (χ0) is 18.3. The second-order valence-corrected chi connectivity index (χ2v) is 8.62. The van der Waals surface area contributed by atoms with Crippen molar-refractivity contribution in [2.75, 3.05) is 11.6 Å². The van der Waals surface area contributed by atoms with E-state index in [1.807, 2.05) is 6.07 Å². The summed E-state index contributed by atoms with van der Waals surface area (Å²) in [4.78, 5) is 8.74. The van der Waals surface area contributed by atoms with E-state index in [9.17, 15) is 12.8 Å². The van der Waals surface area contributed by atoms with Crippen molar-refractivity contribution >= 4 is 26.6 Å². The highest BCUT2D eigenvalue weighted by molar-refractivity contribution is 7.90. The van der Waals surface area contributed by atoms with Gasteiger partial charge in [0.1, 0.15) is 18.0 Å². The third-order valence-corrected chi connectivity index (χ3v) is 5.88. The Hall–Kier alpha value is -2.54. The molecule has 0 aliphatic heterocycles. The number of fused-ring (bicyclic) bond motifs is 2. The number of benzene rings is 2. The Morgan fingerprint density at radius 3 is 2.81 bits per heavy atom. The van der Waals surface area contributed by atoms with E-state index < -0.39 is 9.84 Å². The molecular weight excluding hydrogens is 353 g/mol. The lowest BCUT2D eigenvalue weighted by Gasteiger charge is -2.27. The zero-order valence-corrected chi connectivity index (χ0v) is 15.1. The predicted molar refractivity (Wildman–Crippen MR) is 98.3 cm³/mol. The molecule has 1 aliphatic carbocycles. The second-order valence-electron chi connectivity index (χ2n) is 6.61.